The van der Waals surface area contributed by atoms with Crippen molar-refractivity contribution in [2.24, 2.45) is 0 Å². The molecule has 21 heteroatoms. The lowest BCUT2D eigenvalue weighted by atomic mass is 10.1. The van der Waals surface area contributed by atoms with Crippen LogP contribution in [0.3, 0.4) is 0 Å². The Morgan fingerprint density at radius 1 is 0.529 bits per heavy atom. The van der Waals surface area contributed by atoms with Crippen LogP contribution in [0, 0.1) is 6.92 Å². The fourth-order valence-electron chi connectivity index (χ4n) is 8.60. The van der Waals surface area contributed by atoms with Gasteiger partial charge in [-0.25, -0.2) is 19.9 Å². The number of fused-ring (bicyclic) bond motifs is 4. The molecule has 0 atom stereocenters. The molecule has 3 N–H and O–H groups in total. The fourth-order valence-corrected chi connectivity index (χ4v) is 8.60. The number of aryl methyl sites for hydroxylation is 1. The van der Waals surface area contributed by atoms with Gasteiger partial charge < -0.3 is 44.2 Å². The van der Waals surface area contributed by atoms with E-state index in [0.29, 0.717) is 61.8 Å². The summed E-state index contributed by atoms with van der Waals surface area (Å²) in [6.45, 7) is 7.22. The second-order valence-corrected chi connectivity index (χ2v) is 23.1. The van der Waals surface area contributed by atoms with Crippen LogP contribution in [0.2, 0.25) is 0 Å². The Morgan fingerprint density at radius 3 is 1.46 bits per heavy atom. The van der Waals surface area contributed by atoms with Crippen LogP contribution in [0.5, 0.6) is 28.7 Å². The van der Waals surface area contributed by atoms with Crippen LogP contribution < -0.4 is 29.6 Å². The zero-order valence-electron chi connectivity index (χ0n) is 38.1. The molecule has 0 unspecified atom stereocenters. The molecule has 12 rings (SSSR count). The lowest BCUT2D eigenvalue weighted by Crippen LogP contribution is -2.28. The van der Waals surface area contributed by atoms with Crippen molar-refractivity contribution >= 4 is 84.4 Å². The van der Waals surface area contributed by atoms with Gasteiger partial charge in [0.05, 0.1) is 22.1 Å². The normalized spacial score (nSPS) is 15.6. The van der Waals surface area contributed by atoms with Gasteiger partial charge in [-0.2, -0.15) is 9.97 Å². The first-order valence-electron chi connectivity index (χ1n) is 23.0. The third-order valence-electron chi connectivity index (χ3n) is 11.9. The maximum absolute atomic E-state index is 10.2. The smallest absolute Gasteiger partial charge is 0.369 e. The number of aromatic nitrogens is 8. The van der Waals surface area contributed by atoms with Gasteiger partial charge in [-0.15, -0.1) is 47.3 Å². The highest BCUT2D eigenvalue weighted by molar-refractivity contribution is 9.69. The number of aromatic hydroxyl groups is 1. The van der Waals surface area contributed by atoms with E-state index in [9.17, 15) is 5.11 Å². The largest absolute Gasteiger partial charge is 0.508 e. The van der Waals surface area contributed by atoms with E-state index in [1.807, 2.05) is 59.2 Å². The average molecular weight is 1140 g/mol. The Balaban J connectivity index is 0.000000151. The number of nitrogens with zero attached hydrogens (tertiary/aromatic N) is 8. The summed E-state index contributed by atoms with van der Waals surface area (Å²) in [7, 11) is 0. The first-order chi connectivity index (χ1) is 34.2. The molecule has 70 heavy (non-hydrogen) atoms. The number of halogens is 3. The summed E-state index contributed by atoms with van der Waals surface area (Å²) >= 11 is 9.31. The van der Waals surface area contributed by atoms with Crippen molar-refractivity contribution in [2.75, 3.05) is 63.5 Å². The molecular formula is C49H48BBr3N10O7. The summed E-state index contributed by atoms with van der Waals surface area (Å²) in [6.07, 6.45) is 7.24. The van der Waals surface area contributed by atoms with E-state index in [1.165, 1.54) is 0 Å². The molecule has 2 fully saturated rings. The molecule has 0 spiro atoms. The molecule has 0 saturated carbocycles. The summed E-state index contributed by atoms with van der Waals surface area (Å²) in [5, 5.41) is 17.1. The molecule has 0 bridgehead atoms. The summed E-state index contributed by atoms with van der Waals surface area (Å²) in [4.78, 5) is 28.4. The number of benzene rings is 4. The first kappa shape index (κ1) is 47.7. The van der Waals surface area contributed by atoms with Crippen molar-refractivity contribution in [2.45, 2.75) is 44.7 Å². The number of nitrogens with one attached hydrogen (secondary N) is 2. The van der Waals surface area contributed by atoms with Crippen LogP contribution in [-0.4, -0.2) is 112 Å². The van der Waals surface area contributed by atoms with Crippen LogP contribution >= 0.6 is 47.3 Å². The zero-order valence-corrected chi connectivity index (χ0v) is 42.8. The predicted molar refractivity (Wildman–Crippen MR) is 280 cm³/mol. The molecular weight excluding hydrogens is 1090 g/mol. The highest BCUT2D eigenvalue weighted by atomic mass is 79.9. The Morgan fingerprint density at radius 2 is 0.971 bits per heavy atom. The van der Waals surface area contributed by atoms with Gasteiger partial charge in [-0.05, 0) is 111 Å². The van der Waals surface area contributed by atoms with E-state index >= 15 is 0 Å². The third kappa shape index (κ3) is 11.1. The van der Waals surface area contributed by atoms with E-state index in [2.05, 4.69) is 91.5 Å². The monoisotopic (exact) mass is 1140 g/mol. The second kappa shape index (κ2) is 22.0. The SMILES string of the molecule is BrB(Br)Br.Cc1ccc2nc(-c3ccc4c(c3)OCCO4)n(-c3ccnc(NC4CCOCC4)n3)c2c1.Oc1ccc2nc(-c3ccc4c(c3)OCCO4)n(-c3ccnc(NC4CCOCC4)n3)c2c1. The number of hydrogen-bond acceptors (Lipinski definition) is 15. The molecule has 17 nitrogen and oxygen atoms in total. The zero-order chi connectivity index (χ0) is 48.0. The van der Waals surface area contributed by atoms with Gasteiger partial charge in [-0.3, -0.25) is 9.13 Å². The van der Waals surface area contributed by atoms with E-state index in [0.717, 1.165) is 120 Å². The first-order valence-corrected chi connectivity index (χ1v) is 25.8. The minimum absolute atomic E-state index is 0.159. The molecule has 4 aromatic heterocycles. The molecule has 4 aliphatic rings. The topological polar surface area (TPSA) is 187 Å². The number of phenolic OH excluding ortho intramolecular Hbond substituents is 1. The number of phenols is 1. The second-order valence-electron chi connectivity index (χ2n) is 16.7. The summed E-state index contributed by atoms with van der Waals surface area (Å²) < 4.78 is 38.2. The van der Waals surface area contributed by atoms with Crippen molar-refractivity contribution < 1.29 is 33.5 Å². The minimum Gasteiger partial charge on any atom is -0.508 e. The van der Waals surface area contributed by atoms with Crippen LogP contribution in [0.1, 0.15) is 31.2 Å². The molecule has 0 amide bonds. The molecule has 4 aliphatic heterocycles. The summed E-state index contributed by atoms with van der Waals surface area (Å²) in [5.41, 5.74) is 6.34. The van der Waals surface area contributed by atoms with Crippen molar-refractivity contribution in [1.29, 1.82) is 0 Å². The number of rotatable bonds is 8. The van der Waals surface area contributed by atoms with E-state index < -0.39 is 0 Å². The lowest BCUT2D eigenvalue weighted by molar-refractivity contribution is 0.0902. The Bertz CT molecular complexity index is 2910. The summed E-state index contributed by atoms with van der Waals surface area (Å²) in [5.74, 6) is 7.11. The number of imidazole rings is 2. The standard InChI is InChI=1S/C25H25N5O3.C24H23N5O4.BBr3/c1-16-2-4-19-20(14-16)30(23-6-9-26-25(29-23)27-18-7-10-31-11-8-18)24(28-19)17-3-5-21-22(15-17)33-13-12-32-21;30-17-2-3-18-19(14-17)29(22-5-8-25-24(28-22)26-16-6-9-31-10-7-16)23(27-18)15-1-4-20-21(13-15)33-12-11-32-20;2-1(3)4/h2-6,9,14-15,18H,7-8,10-13H2,1H3,(H,26,27,29);1-5,8,13-14,16,30H,6-7,9-12H2,(H,25,26,28);. The minimum atomic E-state index is 0.159. The van der Waals surface area contributed by atoms with Crippen LogP contribution in [0.25, 0.3) is 56.5 Å². The fraction of sp³-hybridized carbons (Fsp3) is 0.306. The maximum atomic E-state index is 10.2. The van der Waals surface area contributed by atoms with Gasteiger partial charge in [0, 0.05) is 68.1 Å². The quantitative estimate of drug-likeness (QED) is 0.122. The van der Waals surface area contributed by atoms with Crippen molar-refractivity contribution in [3.8, 4) is 63.2 Å². The lowest BCUT2D eigenvalue weighted by Gasteiger charge is -2.23. The number of hydrogen-bond donors (Lipinski definition) is 3. The molecule has 0 radical (unpaired) electrons. The van der Waals surface area contributed by atoms with Gasteiger partial charge in [0.2, 0.25) is 11.9 Å². The molecule has 8 heterocycles. The van der Waals surface area contributed by atoms with Crippen molar-refractivity contribution in [3.63, 3.8) is 0 Å². The highest BCUT2D eigenvalue weighted by Crippen LogP contribution is 2.38. The average Bonchev–Trinajstić information content (AvgIpc) is 3.95. The van der Waals surface area contributed by atoms with Gasteiger partial charge >= 0.3 is 3.18 Å². The third-order valence-corrected chi connectivity index (χ3v) is 11.9. The number of anilines is 2. The highest BCUT2D eigenvalue weighted by Gasteiger charge is 2.23. The molecule has 8 aromatic rings. The molecule has 0 aliphatic carbocycles. The van der Waals surface area contributed by atoms with Crippen LogP contribution in [-0.2, 0) is 9.47 Å². The Hall–Kier alpha value is -6.00. The predicted octanol–water partition coefficient (Wildman–Crippen LogP) is 9.86. The van der Waals surface area contributed by atoms with Gasteiger partial charge in [-0.1, -0.05) is 6.07 Å². The van der Waals surface area contributed by atoms with Gasteiger partial charge in [0.1, 0.15) is 55.5 Å². The molecule has 360 valence electrons. The number of ether oxygens (including phenoxy) is 6. The summed E-state index contributed by atoms with van der Waals surface area (Å²) in [6, 6.07) is 27.4. The molecule has 2 saturated heterocycles. The van der Waals surface area contributed by atoms with Crippen molar-refractivity contribution in [3.05, 3.63) is 103 Å². The molecule has 4 aromatic carbocycles. The van der Waals surface area contributed by atoms with Crippen molar-refractivity contribution in [1.82, 2.24) is 39.0 Å². The van der Waals surface area contributed by atoms with E-state index in [1.54, 1.807) is 30.6 Å². The van der Waals surface area contributed by atoms with Gasteiger partial charge in [0.25, 0.3) is 0 Å². The van der Waals surface area contributed by atoms with Crippen LogP contribution in [0.4, 0.5) is 11.9 Å². The maximum Gasteiger partial charge on any atom is 0.369 e. The Kier molecular flexibility index (Phi) is 15.0. The van der Waals surface area contributed by atoms with E-state index in [-0.39, 0.29) is 15.0 Å². The van der Waals surface area contributed by atoms with Crippen LogP contribution in [0.15, 0.2) is 97.3 Å². The Labute approximate surface area is 428 Å². The van der Waals surface area contributed by atoms with E-state index in [4.69, 9.17) is 48.4 Å². The van der Waals surface area contributed by atoms with Gasteiger partial charge in [0.15, 0.2) is 23.0 Å².